The summed E-state index contributed by atoms with van der Waals surface area (Å²) in [5.74, 6) is -1.73. The Hall–Kier alpha value is -1.67. The number of carbonyl (C=O) groups is 2. The molecule has 6 atom stereocenters. The van der Waals surface area contributed by atoms with Gasteiger partial charge in [0, 0.05) is 12.3 Å². The van der Waals surface area contributed by atoms with Crippen molar-refractivity contribution in [1.82, 2.24) is 14.6 Å². The lowest BCUT2D eigenvalue weighted by molar-refractivity contribution is -0.149. The number of hydrogen-bond donors (Lipinski definition) is 3. The van der Waals surface area contributed by atoms with Crippen LogP contribution in [0, 0.1) is 0 Å². The molecule has 16 heteroatoms. The van der Waals surface area contributed by atoms with E-state index >= 15 is 0 Å². The molecule has 1 unspecified atom stereocenters. The molecule has 1 aliphatic heterocycles. The summed E-state index contributed by atoms with van der Waals surface area (Å²) in [6.07, 6.45) is -2.99. The zero-order chi connectivity index (χ0) is 26.6. The van der Waals surface area contributed by atoms with Gasteiger partial charge in [-0.1, -0.05) is 0 Å². The largest absolute Gasteiger partial charge is 0.468 e. The van der Waals surface area contributed by atoms with Crippen LogP contribution in [0.25, 0.3) is 0 Å². The molecule has 0 radical (unpaired) electrons. The van der Waals surface area contributed by atoms with E-state index in [4.69, 9.17) is 25.6 Å². The van der Waals surface area contributed by atoms with Gasteiger partial charge in [-0.15, -0.1) is 11.6 Å². The van der Waals surface area contributed by atoms with Crippen LogP contribution in [-0.2, 0) is 32.9 Å². The van der Waals surface area contributed by atoms with Gasteiger partial charge in [-0.05, 0) is 39.1 Å². The molecule has 1 aliphatic rings. The first-order valence-corrected chi connectivity index (χ1v) is 14.1. The zero-order valence-corrected chi connectivity index (χ0v) is 22.2. The Morgan fingerprint density at radius 3 is 2.63 bits per heavy atom. The molecule has 0 spiro atoms. The van der Waals surface area contributed by atoms with E-state index in [1.54, 1.807) is 13.8 Å². The first-order valence-electron chi connectivity index (χ1n) is 10.5. The van der Waals surface area contributed by atoms with Crippen molar-refractivity contribution in [2.45, 2.75) is 63.2 Å². The molecule has 1 aromatic rings. The number of nitrogens with one attached hydrogen (secondary N) is 2. The Morgan fingerprint density at radius 1 is 1.40 bits per heavy atom. The van der Waals surface area contributed by atoms with Gasteiger partial charge in [0.25, 0.3) is 5.56 Å². The number of aliphatic hydroxyl groups is 1. The minimum atomic E-state index is -3.95. The number of aromatic nitrogens is 2. The second-order valence-corrected chi connectivity index (χ2v) is 13.2. The number of ether oxygens (including phenoxy) is 3. The minimum absolute atomic E-state index is 0.358. The number of aliphatic hydroxyl groups excluding tert-OH is 1. The van der Waals surface area contributed by atoms with Gasteiger partial charge in [-0.25, -0.2) is 9.88 Å². The van der Waals surface area contributed by atoms with Gasteiger partial charge in [0.05, 0.1) is 19.8 Å². The summed E-state index contributed by atoms with van der Waals surface area (Å²) in [6, 6.07) is 0.0289. The average Bonchev–Trinajstić information content (AvgIpc) is 2.99. The summed E-state index contributed by atoms with van der Waals surface area (Å²) in [5, 5.41) is 13.3. The van der Waals surface area contributed by atoms with Crippen molar-refractivity contribution in [3.8, 4) is 0 Å². The summed E-state index contributed by atoms with van der Waals surface area (Å²) < 4.78 is 35.4. The fourth-order valence-electron chi connectivity index (χ4n) is 3.07. The van der Waals surface area contributed by atoms with Crippen molar-refractivity contribution >= 4 is 41.6 Å². The summed E-state index contributed by atoms with van der Waals surface area (Å²) in [4.78, 5) is 47.9. The number of halogens is 1. The second kappa shape index (κ2) is 12.0. The number of carbonyl (C=O) groups excluding carboxylic acids is 2. The molecule has 2 heterocycles. The number of aromatic amines is 1. The lowest BCUT2D eigenvalue weighted by Gasteiger charge is -2.26. The Balaban J connectivity index is 2.19. The lowest BCUT2D eigenvalue weighted by Crippen LogP contribution is -2.43. The van der Waals surface area contributed by atoms with Crippen LogP contribution in [0.4, 0.5) is 0 Å². The maximum atomic E-state index is 13.5. The van der Waals surface area contributed by atoms with E-state index in [9.17, 15) is 28.8 Å². The molecule has 0 saturated carbocycles. The van der Waals surface area contributed by atoms with E-state index in [-0.39, 0.29) is 5.75 Å². The number of methoxy groups -OCH3 is 1. The molecule has 1 fully saturated rings. The Kier molecular flexibility index (Phi) is 10.2. The normalized spacial score (nSPS) is 26.8. The smallest absolute Gasteiger partial charge is 0.330 e. The van der Waals surface area contributed by atoms with E-state index < -0.39 is 72.0 Å². The molecular weight excluding hydrogens is 529 g/mol. The van der Waals surface area contributed by atoms with E-state index in [1.165, 1.54) is 20.0 Å². The lowest BCUT2D eigenvalue weighted by atomic mass is 10.0. The minimum Gasteiger partial charge on any atom is -0.468 e. The molecule has 35 heavy (non-hydrogen) atoms. The van der Waals surface area contributed by atoms with E-state index in [0.29, 0.717) is 11.4 Å². The fraction of sp³-hybridized carbons (Fsp3) is 0.684. The molecule has 3 N–H and O–H groups in total. The topological polar surface area (TPSA) is 175 Å². The quantitative estimate of drug-likeness (QED) is 0.198. The second-order valence-electron chi connectivity index (χ2n) is 8.12. The van der Waals surface area contributed by atoms with Crippen LogP contribution in [-0.4, -0.2) is 75.3 Å². The highest BCUT2D eigenvalue weighted by Crippen LogP contribution is 2.57. The first kappa shape index (κ1) is 29.6. The molecule has 0 aromatic carbocycles. The molecule has 1 saturated heterocycles. The number of nitrogens with zero attached hydrogens (tertiary/aromatic N) is 1. The Morgan fingerprint density at radius 2 is 2.06 bits per heavy atom. The van der Waals surface area contributed by atoms with Crippen LogP contribution in [0.5, 0.6) is 0 Å². The number of hydrogen-bond acceptors (Lipinski definition) is 11. The van der Waals surface area contributed by atoms with Crippen molar-refractivity contribution in [3.05, 3.63) is 33.1 Å². The predicted octanol–water partition coefficient (Wildman–Crippen LogP) is 0.753. The molecule has 198 valence electrons. The highest BCUT2D eigenvalue weighted by Gasteiger charge is 2.54. The monoisotopic (exact) mass is 557 g/mol. The van der Waals surface area contributed by atoms with Crippen LogP contribution in [0.1, 0.15) is 33.9 Å². The third kappa shape index (κ3) is 7.66. The molecule has 0 aliphatic carbocycles. The van der Waals surface area contributed by atoms with Crippen LogP contribution in [0.2, 0.25) is 0 Å². The SMILES string of the molecule is COC(=O)CSP(=O)(N[C@@H](C)C(=O)OC(C)C)OC[C@H]1O[C@@H](n2ccc(=O)[nH]c2=O)[C@](C)(Cl)[C@@H]1O. The summed E-state index contributed by atoms with van der Waals surface area (Å²) in [7, 11) is 1.16. The van der Waals surface area contributed by atoms with Crippen LogP contribution < -0.4 is 16.3 Å². The van der Waals surface area contributed by atoms with E-state index in [2.05, 4.69) is 14.8 Å². The van der Waals surface area contributed by atoms with E-state index in [0.717, 1.165) is 17.7 Å². The van der Waals surface area contributed by atoms with Crippen molar-refractivity contribution in [2.24, 2.45) is 0 Å². The standard InChI is InChI=1S/C19H29ClN3O10PS/c1-10(2)32-16(27)11(3)22-34(29,35-9-14(25)30-5)31-8-12-15(26)19(4,20)17(33-12)23-7-6-13(24)21-18(23)28/h6-7,10-12,15,17,26H,8-9H2,1-5H3,(H,22,29)(H,21,24,28)/t11-,12+,15+,17+,19+,34?/m0/s1. The van der Waals surface area contributed by atoms with Crippen molar-refractivity contribution in [2.75, 3.05) is 19.5 Å². The Bertz CT molecular complexity index is 1080. The van der Waals surface area contributed by atoms with Gasteiger partial charge in [-0.3, -0.25) is 28.5 Å². The highest BCUT2D eigenvalue weighted by molar-refractivity contribution is 8.56. The number of esters is 2. The van der Waals surface area contributed by atoms with Gasteiger partial charge in [0.2, 0.25) is 0 Å². The van der Waals surface area contributed by atoms with Gasteiger partial charge in [0.15, 0.2) is 6.23 Å². The van der Waals surface area contributed by atoms with Crippen molar-refractivity contribution < 1.29 is 38.0 Å². The maximum Gasteiger partial charge on any atom is 0.330 e. The van der Waals surface area contributed by atoms with Crippen molar-refractivity contribution in [1.29, 1.82) is 0 Å². The zero-order valence-electron chi connectivity index (χ0n) is 19.8. The van der Waals surface area contributed by atoms with E-state index in [1.807, 2.05) is 0 Å². The number of alkyl halides is 1. The highest BCUT2D eigenvalue weighted by atomic mass is 35.5. The number of rotatable bonds is 11. The van der Waals surface area contributed by atoms with Gasteiger partial charge in [-0.2, -0.15) is 0 Å². The first-order chi connectivity index (χ1) is 16.2. The molecule has 1 aromatic heterocycles. The van der Waals surface area contributed by atoms with Gasteiger partial charge < -0.3 is 23.8 Å². The third-order valence-corrected chi connectivity index (χ3v) is 9.21. The van der Waals surface area contributed by atoms with Crippen LogP contribution >= 0.6 is 29.7 Å². The van der Waals surface area contributed by atoms with Crippen LogP contribution in [0.15, 0.2) is 21.9 Å². The Labute approximate surface area is 210 Å². The summed E-state index contributed by atoms with van der Waals surface area (Å²) in [6.45, 7) is 1.70. The summed E-state index contributed by atoms with van der Waals surface area (Å²) in [5.41, 5.74) is -1.43. The predicted molar refractivity (Wildman–Crippen MR) is 127 cm³/mol. The van der Waals surface area contributed by atoms with Gasteiger partial charge >= 0.3 is 24.3 Å². The summed E-state index contributed by atoms with van der Waals surface area (Å²) >= 11 is 7.06. The maximum absolute atomic E-state index is 13.5. The molecule has 0 amide bonds. The fourth-order valence-corrected chi connectivity index (χ4v) is 6.83. The molecular formula is C19H29ClN3O10PS. The average molecular weight is 558 g/mol. The van der Waals surface area contributed by atoms with Gasteiger partial charge in [0.1, 0.15) is 28.9 Å². The molecule has 2 rings (SSSR count). The van der Waals surface area contributed by atoms with Crippen LogP contribution in [0.3, 0.4) is 0 Å². The molecule has 0 bridgehead atoms. The third-order valence-electron chi connectivity index (χ3n) is 4.87. The number of H-pyrrole nitrogens is 1. The van der Waals surface area contributed by atoms with Crippen molar-refractivity contribution in [3.63, 3.8) is 0 Å². The molecule has 13 nitrogen and oxygen atoms in total.